The second-order valence-corrected chi connectivity index (χ2v) is 7.94. The summed E-state index contributed by atoms with van der Waals surface area (Å²) in [5, 5.41) is 4.68. The maximum absolute atomic E-state index is 13.7. The Kier molecular flexibility index (Phi) is 7.22. The van der Waals surface area contributed by atoms with Crippen LogP contribution in [-0.4, -0.2) is 29.4 Å². The van der Waals surface area contributed by atoms with Crippen molar-refractivity contribution in [1.82, 2.24) is 10.6 Å². The molecule has 0 saturated heterocycles. The smallest absolute Gasteiger partial charge is 0.346 e. The summed E-state index contributed by atoms with van der Waals surface area (Å²) in [6.45, 7) is -0.682. The minimum atomic E-state index is -4.92. The zero-order valence-electron chi connectivity index (χ0n) is 16.9. The number of amides is 2. The third-order valence-corrected chi connectivity index (χ3v) is 5.59. The van der Waals surface area contributed by atoms with Gasteiger partial charge in [-0.25, -0.2) is 8.78 Å². The zero-order chi connectivity index (χ0) is 24.2. The van der Waals surface area contributed by atoms with Crippen molar-refractivity contribution in [2.45, 2.75) is 17.1 Å². The Balaban J connectivity index is 1.74. The molecule has 0 radical (unpaired) electrons. The molecular weight excluding hydrogens is 467 g/mol. The second-order valence-electron chi connectivity index (χ2n) is 7.32. The van der Waals surface area contributed by atoms with Crippen molar-refractivity contribution in [3.8, 4) is 0 Å². The normalized spacial score (nSPS) is 20.0. The van der Waals surface area contributed by atoms with E-state index in [0.29, 0.717) is 17.2 Å². The lowest BCUT2D eigenvalue weighted by molar-refractivity contribution is -0.164. The number of allylic oxidation sites excluding steroid dienone is 3. The molecular formula is C23H18ClF5N2O2. The fourth-order valence-corrected chi connectivity index (χ4v) is 3.63. The summed E-state index contributed by atoms with van der Waals surface area (Å²) >= 11 is 5.71. The lowest BCUT2D eigenvalue weighted by Gasteiger charge is -2.33. The average molecular weight is 485 g/mol. The molecule has 1 aliphatic rings. The van der Waals surface area contributed by atoms with E-state index in [9.17, 15) is 31.5 Å². The summed E-state index contributed by atoms with van der Waals surface area (Å²) in [6.07, 6.45) is -0.918. The van der Waals surface area contributed by atoms with E-state index in [1.165, 1.54) is 42.5 Å². The lowest BCUT2D eigenvalue weighted by atomic mass is 9.86. The Morgan fingerprint density at radius 3 is 2.09 bits per heavy atom. The van der Waals surface area contributed by atoms with Crippen molar-refractivity contribution in [3.05, 3.63) is 95.6 Å². The number of alkyl halides is 4. The highest BCUT2D eigenvalue weighted by Crippen LogP contribution is 2.45. The number of hydrogen-bond acceptors (Lipinski definition) is 2. The third kappa shape index (κ3) is 5.60. The molecule has 2 atom stereocenters. The maximum Gasteiger partial charge on any atom is 0.412 e. The molecule has 4 nitrogen and oxygen atoms in total. The molecule has 0 fully saturated rings. The number of carbonyl (C=O) groups is 2. The van der Waals surface area contributed by atoms with Gasteiger partial charge in [-0.1, -0.05) is 48.6 Å². The first-order valence-corrected chi connectivity index (χ1v) is 10.1. The van der Waals surface area contributed by atoms with Crippen LogP contribution in [0.4, 0.5) is 22.0 Å². The molecule has 10 heteroatoms. The quantitative estimate of drug-likeness (QED) is 0.466. The number of nitrogens with one attached hydrogen (secondary N) is 2. The highest BCUT2D eigenvalue weighted by atomic mass is 35.5. The van der Waals surface area contributed by atoms with Gasteiger partial charge in [-0.3, -0.25) is 9.59 Å². The molecule has 0 saturated carbocycles. The largest absolute Gasteiger partial charge is 0.412 e. The highest BCUT2D eigenvalue weighted by molar-refractivity contribution is 6.28. The second kappa shape index (κ2) is 9.74. The van der Waals surface area contributed by atoms with Gasteiger partial charge in [0.1, 0.15) is 11.6 Å². The Bertz CT molecular complexity index is 1060. The van der Waals surface area contributed by atoms with E-state index in [4.69, 9.17) is 11.6 Å². The van der Waals surface area contributed by atoms with E-state index >= 15 is 0 Å². The van der Waals surface area contributed by atoms with Crippen molar-refractivity contribution in [3.63, 3.8) is 0 Å². The van der Waals surface area contributed by atoms with Crippen molar-refractivity contribution in [1.29, 1.82) is 0 Å². The fraction of sp³-hybridized carbons (Fsp3) is 0.217. The molecule has 0 spiro atoms. The summed E-state index contributed by atoms with van der Waals surface area (Å²) in [4.78, 5) is 22.0. The van der Waals surface area contributed by atoms with E-state index in [0.717, 1.165) is 24.3 Å². The van der Waals surface area contributed by atoms with E-state index in [1.54, 1.807) is 0 Å². The summed E-state index contributed by atoms with van der Waals surface area (Å²) in [5.41, 5.74) is 0.606. The van der Waals surface area contributed by atoms with Gasteiger partial charge < -0.3 is 10.6 Å². The van der Waals surface area contributed by atoms with Crippen LogP contribution in [-0.2, 0) is 9.59 Å². The van der Waals surface area contributed by atoms with E-state index in [2.05, 4.69) is 10.6 Å². The monoisotopic (exact) mass is 484 g/mol. The number of carbonyl (C=O) groups excluding carboxylic acids is 2. The Hall–Kier alpha value is -3.20. The Morgan fingerprint density at radius 2 is 1.58 bits per heavy atom. The molecule has 2 aromatic rings. The molecule has 0 heterocycles. The standard InChI is InChI=1S/C23H18ClF5N2O2/c24-22(23(27,28)29)10-2-1-9-18(22)21(33)30-13-19(32)31-20(14-5-3-7-16(25)11-14)15-6-4-8-17(26)12-15/h1-12,18,20H,13H2,(H,30,33)(H,31,32). The van der Waals surface area contributed by atoms with Gasteiger partial charge in [0.05, 0.1) is 18.5 Å². The molecule has 174 valence electrons. The van der Waals surface area contributed by atoms with Crippen molar-refractivity contribution in [2.75, 3.05) is 6.54 Å². The summed E-state index contributed by atoms with van der Waals surface area (Å²) in [5.74, 6) is -4.85. The summed E-state index contributed by atoms with van der Waals surface area (Å²) < 4.78 is 67.7. The van der Waals surface area contributed by atoms with Crippen LogP contribution < -0.4 is 10.6 Å². The number of rotatable bonds is 6. The van der Waals surface area contributed by atoms with Crippen LogP contribution in [0.5, 0.6) is 0 Å². The SMILES string of the molecule is O=C(CNC(=O)C1C=CC=CC1(Cl)C(F)(F)F)NC(c1cccc(F)c1)c1cccc(F)c1. The Labute approximate surface area is 191 Å². The van der Waals surface area contributed by atoms with Crippen molar-refractivity contribution in [2.24, 2.45) is 5.92 Å². The van der Waals surface area contributed by atoms with Gasteiger partial charge in [-0.05, 0) is 35.4 Å². The fourth-order valence-electron chi connectivity index (χ4n) is 3.38. The first-order chi connectivity index (χ1) is 15.5. The number of hydrogen-bond donors (Lipinski definition) is 2. The van der Waals surface area contributed by atoms with Crippen LogP contribution >= 0.6 is 11.6 Å². The van der Waals surface area contributed by atoms with Gasteiger partial charge >= 0.3 is 6.18 Å². The first-order valence-electron chi connectivity index (χ1n) is 9.71. The molecule has 1 aliphatic carbocycles. The van der Waals surface area contributed by atoms with Crippen LogP contribution in [0.3, 0.4) is 0 Å². The van der Waals surface area contributed by atoms with Gasteiger partial charge in [-0.15, -0.1) is 11.6 Å². The topological polar surface area (TPSA) is 58.2 Å². The lowest BCUT2D eigenvalue weighted by Crippen LogP contribution is -2.52. The van der Waals surface area contributed by atoms with Gasteiger partial charge in [0.2, 0.25) is 11.8 Å². The van der Waals surface area contributed by atoms with E-state index in [1.807, 2.05) is 0 Å². The minimum absolute atomic E-state index is 0.303. The molecule has 33 heavy (non-hydrogen) atoms. The maximum atomic E-state index is 13.7. The molecule has 3 rings (SSSR count). The molecule has 2 amide bonds. The van der Waals surface area contributed by atoms with E-state index < -0.39 is 53.0 Å². The number of halogens is 6. The predicted molar refractivity (Wildman–Crippen MR) is 112 cm³/mol. The van der Waals surface area contributed by atoms with Gasteiger partial charge in [0.25, 0.3) is 0 Å². The van der Waals surface area contributed by atoms with Crippen LogP contribution in [0.1, 0.15) is 17.2 Å². The van der Waals surface area contributed by atoms with E-state index in [-0.39, 0.29) is 0 Å². The third-order valence-electron chi connectivity index (χ3n) is 5.02. The van der Waals surface area contributed by atoms with Crippen molar-refractivity contribution >= 4 is 23.4 Å². The molecule has 0 aliphatic heterocycles. The van der Waals surface area contributed by atoms with Crippen LogP contribution in [0.2, 0.25) is 0 Å². The average Bonchev–Trinajstić information content (AvgIpc) is 2.75. The van der Waals surface area contributed by atoms with Crippen molar-refractivity contribution < 1.29 is 31.5 Å². The Morgan fingerprint density at radius 1 is 1.00 bits per heavy atom. The van der Waals surface area contributed by atoms with Gasteiger partial charge in [0, 0.05) is 0 Å². The van der Waals surface area contributed by atoms with Crippen LogP contribution in [0.15, 0.2) is 72.8 Å². The summed E-state index contributed by atoms with van der Waals surface area (Å²) in [6, 6.07) is 9.57. The summed E-state index contributed by atoms with van der Waals surface area (Å²) in [7, 11) is 0. The predicted octanol–water partition coefficient (Wildman–Crippen LogP) is 4.57. The van der Waals surface area contributed by atoms with Crippen LogP contribution in [0, 0.1) is 17.6 Å². The zero-order valence-corrected chi connectivity index (χ0v) is 17.6. The van der Waals surface area contributed by atoms with Gasteiger partial charge in [-0.2, -0.15) is 13.2 Å². The minimum Gasteiger partial charge on any atom is -0.346 e. The first kappa shape index (κ1) is 24.4. The molecule has 0 aromatic heterocycles. The molecule has 2 N–H and O–H groups in total. The highest BCUT2D eigenvalue weighted by Gasteiger charge is 2.58. The molecule has 0 bridgehead atoms. The number of benzene rings is 2. The van der Waals surface area contributed by atoms with Gasteiger partial charge in [0.15, 0.2) is 4.87 Å². The van der Waals surface area contributed by atoms with Crippen LogP contribution in [0.25, 0.3) is 0 Å². The molecule has 2 aromatic carbocycles. The molecule has 2 unspecified atom stereocenters.